The molecule has 0 heterocycles. The number of hydrogen-bond acceptors (Lipinski definition) is 7. The first-order valence-corrected chi connectivity index (χ1v) is 10.5. The molecular formula is C12H28O7P2. The molecule has 0 aliphatic heterocycles. The lowest BCUT2D eigenvalue weighted by atomic mass is 10.3. The normalized spacial score (nSPS) is 14.3. The minimum Gasteiger partial charge on any atom is -0.309 e. The Morgan fingerprint density at radius 3 is 1.52 bits per heavy atom. The lowest BCUT2D eigenvalue weighted by molar-refractivity contribution is 0.0866. The van der Waals surface area contributed by atoms with Crippen LogP contribution in [0.25, 0.3) is 0 Å². The van der Waals surface area contributed by atoms with E-state index >= 15 is 0 Å². The van der Waals surface area contributed by atoms with Crippen molar-refractivity contribution in [3.8, 4) is 0 Å². The molecule has 0 aromatic heterocycles. The number of hydrogen-bond donors (Lipinski definition) is 0. The molecule has 0 radical (unpaired) electrons. The summed E-state index contributed by atoms with van der Waals surface area (Å²) in [4.78, 5) is 0. The average molecular weight is 346 g/mol. The summed E-state index contributed by atoms with van der Waals surface area (Å²) in [7, 11) is -6.92. The molecule has 1 atom stereocenters. The molecule has 0 saturated carbocycles. The van der Waals surface area contributed by atoms with Crippen molar-refractivity contribution >= 4 is 15.4 Å². The van der Waals surface area contributed by atoms with Crippen LogP contribution in [-0.4, -0.2) is 38.7 Å². The van der Waals surface area contributed by atoms with Crippen molar-refractivity contribution < 1.29 is 31.7 Å². The molecule has 1 unspecified atom stereocenters. The first kappa shape index (κ1) is 21.3. The van der Waals surface area contributed by atoms with Gasteiger partial charge in [-0.15, -0.1) is 0 Å². The van der Waals surface area contributed by atoms with Crippen LogP contribution < -0.4 is 0 Å². The third kappa shape index (κ3) is 8.46. The van der Waals surface area contributed by atoms with Gasteiger partial charge in [0, 0.05) is 0 Å². The quantitative estimate of drug-likeness (QED) is 0.462. The predicted molar refractivity (Wildman–Crippen MR) is 81.7 cm³/mol. The van der Waals surface area contributed by atoms with Gasteiger partial charge in [-0.05, 0) is 34.1 Å². The van der Waals surface area contributed by atoms with Crippen molar-refractivity contribution in [2.45, 2.75) is 47.1 Å². The number of rotatable bonds is 13. The van der Waals surface area contributed by atoms with E-state index in [4.69, 9.17) is 22.6 Å². The Bertz CT molecular complexity index is 310. The summed E-state index contributed by atoms with van der Waals surface area (Å²) < 4.78 is 50.9. The monoisotopic (exact) mass is 346 g/mol. The molecular weight excluding hydrogens is 318 g/mol. The molecule has 0 amide bonds. The van der Waals surface area contributed by atoms with Crippen molar-refractivity contribution in [3.63, 3.8) is 0 Å². The summed E-state index contributed by atoms with van der Waals surface area (Å²) >= 11 is 0. The largest absolute Gasteiger partial charge is 0.475 e. The van der Waals surface area contributed by atoms with E-state index in [2.05, 4.69) is 0 Å². The lowest BCUT2D eigenvalue weighted by Gasteiger charge is -2.25. The Kier molecular flexibility index (Phi) is 11.0. The summed E-state index contributed by atoms with van der Waals surface area (Å²) in [6, 6.07) is 0. The maximum Gasteiger partial charge on any atom is 0.475 e. The Hall–Kier alpha value is 0.260. The predicted octanol–water partition coefficient (Wildman–Crippen LogP) is 4.23. The van der Waals surface area contributed by atoms with Gasteiger partial charge >= 0.3 is 15.4 Å². The SMILES string of the molecule is CCOP(=O)(CC(CC)OP(=O)(OCC)OCC)OCC. The summed E-state index contributed by atoms with van der Waals surface area (Å²) in [5, 5.41) is 0. The molecule has 0 saturated heterocycles. The molecule has 21 heavy (non-hydrogen) atoms. The fourth-order valence-corrected chi connectivity index (χ4v) is 5.06. The molecule has 0 aromatic rings. The third-order valence-corrected chi connectivity index (χ3v) is 6.25. The van der Waals surface area contributed by atoms with Crippen LogP contribution in [0.15, 0.2) is 0 Å². The van der Waals surface area contributed by atoms with E-state index in [1.165, 1.54) is 0 Å². The smallest absolute Gasteiger partial charge is 0.309 e. The molecule has 0 aliphatic carbocycles. The molecule has 9 heteroatoms. The van der Waals surface area contributed by atoms with Crippen LogP contribution in [0.2, 0.25) is 0 Å². The highest BCUT2D eigenvalue weighted by Crippen LogP contribution is 2.55. The second-order valence-electron chi connectivity index (χ2n) is 4.05. The Labute approximate surface area is 127 Å². The maximum atomic E-state index is 12.5. The van der Waals surface area contributed by atoms with Gasteiger partial charge in [0.15, 0.2) is 0 Å². The minimum absolute atomic E-state index is 0.00924. The number of phosphoric acid groups is 1. The van der Waals surface area contributed by atoms with Crippen LogP contribution in [0.3, 0.4) is 0 Å². The molecule has 0 bridgehead atoms. The van der Waals surface area contributed by atoms with Gasteiger partial charge in [-0.3, -0.25) is 18.1 Å². The second kappa shape index (κ2) is 10.9. The summed E-state index contributed by atoms with van der Waals surface area (Å²) in [6.07, 6.45) is -0.110. The van der Waals surface area contributed by atoms with Crippen LogP contribution >= 0.6 is 15.4 Å². The topological polar surface area (TPSA) is 80.3 Å². The van der Waals surface area contributed by atoms with Crippen LogP contribution in [0.5, 0.6) is 0 Å². The third-order valence-electron chi connectivity index (χ3n) is 2.39. The van der Waals surface area contributed by atoms with Gasteiger partial charge in [-0.25, -0.2) is 4.57 Å². The Balaban J connectivity index is 4.89. The number of phosphoric ester groups is 1. The van der Waals surface area contributed by atoms with Gasteiger partial charge in [0.2, 0.25) is 0 Å². The van der Waals surface area contributed by atoms with Crippen LogP contribution in [-0.2, 0) is 31.7 Å². The lowest BCUT2D eigenvalue weighted by Crippen LogP contribution is -2.19. The summed E-state index contributed by atoms with van der Waals surface area (Å²) in [6.45, 7) is 9.62. The molecule has 7 nitrogen and oxygen atoms in total. The van der Waals surface area contributed by atoms with Crippen LogP contribution in [0.1, 0.15) is 41.0 Å². The van der Waals surface area contributed by atoms with E-state index < -0.39 is 21.5 Å². The van der Waals surface area contributed by atoms with E-state index in [1.54, 1.807) is 27.7 Å². The maximum absolute atomic E-state index is 12.5. The minimum atomic E-state index is -3.65. The van der Waals surface area contributed by atoms with Gasteiger partial charge in [0.25, 0.3) is 0 Å². The van der Waals surface area contributed by atoms with Gasteiger partial charge in [0.05, 0.1) is 38.7 Å². The first-order chi connectivity index (χ1) is 9.88. The zero-order valence-corrected chi connectivity index (χ0v) is 15.4. The average Bonchev–Trinajstić information content (AvgIpc) is 2.38. The van der Waals surface area contributed by atoms with Crippen molar-refractivity contribution in [1.82, 2.24) is 0 Å². The van der Waals surface area contributed by atoms with Crippen molar-refractivity contribution in [2.75, 3.05) is 32.6 Å². The van der Waals surface area contributed by atoms with E-state index in [0.717, 1.165) is 0 Å². The molecule has 0 aliphatic rings. The van der Waals surface area contributed by atoms with Crippen LogP contribution in [0.4, 0.5) is 0 Å². The molecule has 0 N–H and O–H groups in total. The van der Waals surface area contributed by atoms with Gasteiger partial charge in [-0.2, -0.15) is 0 Å². The van der Waals surface area contributed by atoms with Crippen molar-refractivity contribution in [1.29, 1.82) is 0 Å². The van der Waals surface area contributed by atoms with Crippen LogP contribution in [0, 0.1) is 0 Å². The molecule has 0 rings (SSSR count). The zero-order valence-electron chi connectivity index (χ0n) is 13.6. The van der Waals surface area contributed by atoms with E-state index in [0.29, 0.717) is 6.42 Å². The highest BCUT2D eigenvalue weighted by molar-refractivity contribution is 7.54. The van der Waals surface area contributed by atoms with Crippen molar-refractivity contribution in [3.05, 3.63) is 0 Å². The summed E-state index contributed by atoms with van der Waals surface area (Å²) in [5.41, 5.74) is 0. The zero-order chi connectivity index (χ0) is 16.4. The second-order valence-corrected chi connectivity index (χ2v) is 7.77. The Morgan fingerprint density at radius 2 is 1.19 bits per heavy atom. The van der Waals surface area contributed by atoms with Crippen molar-refractivity contribution in [2.24, 2.45) is 0 Å². The summed E-state index contributed by atoms with van der Waals surface area (Å²) in [5.74, 6) is 0. The fraction of sp³-hybridized carbons (Fsp3) is 1.00. The molecule has 0 fully saturated rings. The van der Waals surface area contributed by atoms with E-state index in [9.17, 15) is 9.13 Å². The standard InChI is InChI=1S/C12H28O7P2/c1-6-12(11-20(13,15-7-2)16-8-3)19-21(14,17-9-4)18-10-5/h12H,6-11H2,1-5H3. The van der Waals surface area contributed by atoms with E-state index in [1.807, 2.05) is 6.92 Å². The molecule has 0 spiro atoms. The Morgan fingerprint density at radius 1 is 0.762 bits per heavy atom. The van der Waals surface area contributed by atoms with Gasteiger partial charge in [-0.1, -0.05) is 6.92 Å². The van der Waals surface area contributed by atoms with Gasteiger partial charge in [0.1, 0.15) is 0 Å². The fourth-order valence-electron chi connectivity index (χ4n) is 1.62. The highest BCUT2D eigenvalue weighted by atomic mass is 31.2. The highest BCUT2D eigenvalue weighted by Gasteiger charge is 2.35. The van der Waals surface area contributed by atoms with E-state index in [-0.39, 0.29) is 32.6 Å². The van der Waals surface area contributed by atoms with Gasteiger partial charge < -0.3 is 9.05 Å². The molecule has 128 valence electrons. The molecule has 0 aromatic carbocycles. The first-order valence-electron chi connectivity index (χ1n) is 7.34.